The van der Waals surface area contributed by atoms with E-state index in [1.54, 1.807) is 48.3 Å². The number of nitrogen functional groups attached to an aromatic ring is 1. The number of carbonyl (C=O) groups excluding carboxylic acids is 2. The third-order valence-electron chi connectivity index (χ3n) is 11.2. The lowest BCUT2D eigenvalue weighted by Crippen LogP contribution is -2.32. The normalized spacial score (nSPS) is 17.5. The highest BCUT2D eigenvalue weighted by atomic mass is 16.5. The molecule has 0 spiro atoms. The molecular formula is C48H52N6O7. The third-order valence-corrected chi connectivity index (χ3v) is 11.2. The van der Waals surface area contributed by atoms with Crippen molar-refractivity contribution >= 4 is 52.5 Å². The van der Waals surface area contributed by atoms with Gasteiger partial charge in [0, 0.05) is 62.0 Å². The first kappa shape index (κ1) is 41.1. The number of ether oxygens (including phenoxy) is 5. The Morgan fingerprint density at radius 1 is 0.639 bits per heavy atom. The first-order chi connectivity index (χ1) is 29.7. The molecule has 0 unspecified atom stereocenters. The Hall–Kier alpha value is -6.60. The fraction of sp³-hybridized carbons (Fsp3) is 0.333. The first-order valence-corrected chi connectivity index (χ1v) is 20.8. The van der Waals surface area contributed by atoms with E-state index < -0.39 is 0 Å². The lowest BCUT2D eigenvalue weighted by Gasteiger charge is -2.19. The van der Waals surface area contributed by atoms with Crippen molar-refractivity contribution in [3.63, 3.8) is 0 Å². The summed E-state index contributed by atoms with van der Waals surface area (Å²) >= 11 is 0. The Balaban J connectivity index is 0.828. The van der Waals surface area contributed by atoms with Crippen molar-refractivity contribution in [2.75, 3.05) is 60.4 Å². The average molecular weight is 825 g/mol. The number of nitrogens with two attached hydrogens (primary N) is 1. The van der Waals surface area contributed by atoms with Gasteiger partial charge in [0.05, 0.1) is 68.6 Å². The van der Waals surface area contributed by atoms with Gasteiger partial charge in [0.15, 0.2) is 23.0 Å². The minimum atomic E-state index is -0.196. The quantitative estimate of drug-likeness (QED) is 0.0825. The molecule has 4 heterocycles. The minimum absolute atomic E-state index is 0.135. The number of methoxy groups -OCH3 is 2. The predicted molar refractivity (Wildman–Crippen MR) is 238 cm³/mol. The van der Waals surface area contributed by atoms with Crippen molar-refractivity contribution in [2.24, 2.45) is 9.98 Å². The van der Waals surface area contributed by atoms with E-state index >= 15 is 0 Å². The lowest BCUT2D eigenvalue weighted by atomic mass is 10.0. The van der Waals surface area contributed by atoms with Crippen molar-refractivity contribution in [1.29, 1.82) is 0 Å². The monoisotopic (exact) mass is 824 g/mol. The van der Waals surface area contributed by atoms with Gasteiger partial charge in [0.25, 0.3) is 11.8 Å². The molecule has 4 aliphatic rings. The molecule has 0 fully saturated rings. The highest BCUT2D eigenvalue weighted by molar-refractivity contribution is 6.06. The summed E-state index contributed by atoms with van der Waals surface area (Å²) < 4.78 is 29.6. The molecule has 8 rings (SSSR count). The molecule has 2 amide bonds. The minimum Gasteiger partial charge on any atom is -0.494 e. The molecule has 2 N–H and O–H groups in total. The van der Waals surface area contributed by atoms with Crippen LogP contribution in [0.25, 0.3) is 11.1 Å². The van der Waals surface area contributed by atoms with Crippen LogP contribution in [-0.4, -0.2) is 106 Å². The molecule has 0 saturated carbocycles. The van der Waals surface area contributed by atoms with Crippen LogP contribution in [0.2, 0.25) is 0 Å². The summed E-state index contributed by atoms with van der Waals surface area (Å²) in [5.41, 5.74) is 12.8. The standard InChI is InChI=1S/C48H52N6O7/c1-52(2)16-9-19-59-38-14-12-31(13-15-38)33-21-36-27-50-41-25-45(43(57-3)23-39(41)47(55)53(36)29-33)60-17-6-5-7-18-61-46-26-42-40(24-44(46)58-4)48(56)54-30-34(22-37(54)28-51-42)32-10-8-11-35(49)20-32/h8,10-15,20,23-30,36-37H,5-7,9,16-19,21-22,49H2,1-4H3/t36-,37-/m0/s1. The third kappa shape index (κ3) is 9.12. The maximum atomic E-state index is 13.9. The molecule has 4 aliphatic heterocycles. The fourth-order valence-corrected chi connectivity index (χ4v) is 7.96. The first-order valence-electron chi connectivity index (χ1n) is 20.8. The lowest BCUT2D eigenvalue weighted by molar-refractivity contribution is 0.0809. The van der Waals surface area contributed by atoms with E-state index in [0.29, 0.717) is 83.8 Å². The van der Waals surface area contributed by atoms with Crippen molar-refractivity contribution in [3.8, 4) is 28.7 Å². The van der Waals surface area contributed by atoms with Gasteiger partial charge in [-0.25, -0.2) is 0 Å². The van der Waals surface area contributed by atoms with E-state index in [9.17, 15) is 9.59 Å². The van der Waals surface area contributed by atoms with E-state index in [1.165, 1.54) is 0 Å². The Kier molecular flexibility index (Phi) is 12.4. The number of fused-ring (bicyclic) bond motifs is 4. The molecule has 0 aliphatic carbocycles. The molecular weight excluding hydrogens is 773 g/mol. The second-order valence-electron chi connectivity index (χ2n) is 15.8. The number of nitrogens with zero attached hydrogens (tertiary/aromatic N) is 5. The molecule has 61 heavy (non-hydrogen) atoms. The Morgan fingerprint density at radius 2 is 1.18 bits per heavy atom. The summed E-state index contributed by atoms with van der Waals surface area (Å²) in [4.78, 5) is 42.7. The van der Waals surface area contributed by atoms with Crippen LogP contribution in [0.5, 0.6) is 28.7 Å². The van der Waals surface area contributed by atoms with Gasteiger partial charge in [-0.05, 0) is 98.4 Å². The number of rotatable bonds is 17. The Labute approximate surface area is 356 Å². The maximum Gasteiger partial charge on any atom is 0.260 e. The Morgan fingerprint density at radius 3 is 1.70 bits per heavy atom. The number of hydrogen-bond acceptors (Lipinski definition) is 11. The second-order valence-corrected chi connectivity index (χ2v) is 15.8. The van der Waals surface area contributed by atoms with Crippen molar-refractivity contribution in [2.45, 2.75) is 50.6 Å². The summed E-state index contributed by atoms with van der Waals surface area (Å²) in [6.45, 7) is 2.52. The van der Waals surface area contributed by atoms with Crippen LogP contribution in [0.3, 0.4) is 0 Å². The fourth-order valence-electron chi connectivity index (χ4n) is 7.96. The van der Waals surface area contributed by atoms with Gasteiger partial charge in [-0.2, -0.15) is 0 Å². The highest BCUT2D eigenvalue weighted by Gasteiger charge is 2.35. The van der Waals surface area contributed by atoms with Crippen LogP contribution < -0.4 is 29.4 Å². The van der Waals surface area contributed by atoms with Crippen molar-refractivity contribution < 1.29 is 33.3 Å². The van der Waals surface area contributed by atoms with Gasteiger partial charge in [-0.1, -0.05) is 24.3 Å². The molecule has 0 saturated heterocycles. The van der Waals surface area contributed by atoms with Gasteiger partial charge < -0.3 is 44.1 Å². The number of carbonyl (C=O) groups is 2. The molecule has 0 radical (unpaired) electrons. The van der Waals surface area contributed by atoms with E-state index in [-0.39, 0.29) is 23.9 Å². The van der Waals surface area contributed by atoms with Crippen LogP contribution in [0.4, 0.5) is 17.1 Å². The van der Waals surface area contributed by atoms with Gasteiger partial charge in [0.1, 0.15) is 5.75 Å². The molecule has 4 aromatic rings. The topological polar surface area (TPSA) is 141 Å². The number of aliphatic imine (C=N–C) groups is 2. The molecule has 0 aromatic heterocycles. The van der Waals surface area contributed by atoms with E-state index in [0.717, 1.165) is 60.3 Å². The molecule has 4 aromatic carbocycles. The maximum absolute atomic E-state index is 13.9. The van der Waals surface area contributed by atoms with Crippen LogP contribution in [0, 0.1) is 0 Å². The second kappa shape index (κ2) is 18.3. The van der Waals surface area contributed by atoms with Gasteiger partial charge >= 0.3 is 0 Å². The summed E-state index contributed by atoms with van der Waals surface area (Å²) in [5, 5.41) is 0. The zero-order valence-electron chi connectivity index (χ0n) is 35.1. The summed E-state index contributed by atoms with van der Waals surface area (Å²) in [6, 6.07) is 22.3. The SMILES string of the molecule is COc1cc2c(cc1OCCCCCOc1cc3c(cc1OC)C(=O)N1C=C(c4cccc(N)c4)C[C@H]1C=N3)N=C[C@@H]1CC(c3ccc(OCCCN(C)C)cc3)=CN1C2=O. The van der Waals surface area contributed by atoms with Crippen LogP contribution in [-0.2, 0) is 0 Å². The number of benzene rings is 4. The van der Waals surface area contributed by atoms with E-state index in [1.807, 2.05) is 73.4 Å². The summed E-state index contributed by atoms with van der Waals surface area (Å²) in [7, 11) is 7.24. The predicted octanol–water partition coefficient (Wildman–Crippen LogP) is 8.19. The largest absolute Gasteiger partial charge is 0.494 e. The van der Waals surface area contributed by atoms with Gasteiger partial charge in [0.2, 0.25) is 0 Å². The number of hydrogen-bond donors (Lipinski definition) is 1. The zero-order valence-corrected chi connectivity index (χ0v) is 35.1. The molecule has 13 nitrogen and oxygen atoms in total. The highest BCUT2D eigenvalue weighted by Crippen LogP contribution is 2.42. The molecule has 13 heteroatoms. The zero-order chi connectivity index (χ0) is 42.5. The smallest absolute Gasteiger partial charge is 0.260 e. The van der Waals surface area contributed by atoms with E-state index in [4.69, 9.17) is 39.4 Å². The van der Waals surface area contributed by atoms with E-state index in [2.05, 4.69) is 19.0 Å². The molecule has 316 valence electrons. The summed E-state index contributed by atoms with van der Waals surface area (Å²) in [6.07, 6.45) is 12.1. The average Bonchev–Trinajstić information content (AvgIpc) is 3.85. The van der Waals surface area contributed by atoms with Crippen molar-refractivity contribution in [3.05, 3.63) is 107 Å². The summed E-state index contributed by atoms with van der Waals surface area (Å²) in [5.74, 6) is 2.56. The Bertz CT molecular complexity index is 2410. The molecule has 2 atom stereocenters. The number of unbranched alkanes of at least 4 members (excludes halogenated alkanes) is 2. The van der Waals surface area contributed by atoms with Gasteiger partial charge in [-0.3, -0.25) is 19.6 Å². The van der Waals surface area contributed by atoms with Crippen LogP contribution >= 0.6 is 0 Å². The van der Waals surface area contributed by atoms with Crippen LogP contribution in [0.1, 0.15) is 70.4 Å². The van der Waals surface area contributed by atoms with Crippen molar-refractivity contribution in [1.82, 2.24) is 14.7 Å². The van der Waals surface area contributed by atoms with Gasteiger partial charge in [-0.15, -0.1) is 0 Å². The number of anilines is 1. The number of amides is 2. The van der Waals surface area contributed by atoms with Crippen LogP contribution in [0.15, 0.2) is 95.2 Å². The molecule has 0 bridgehead atoms.